The average molecular weight is 237 g/mol. The zero-order valence-electron chi connectivity index (χ0n) is 11.6. The molecule has 0 radical (unpaired) electrons. The van der Waals surface area contributed by atoms with Crippen LogP contribution in [0, 0.1) is 17.2 Å². The van der Waals surface area contributed by atoms with Crippen molar-refractivity contribution >= 4 is 0 Å². The van der Waals surface area contributed by atoms with Gasteiger partial charge in [-0.15, -0.1) is 0 Å². The molecule has 98 valence electrons. The summed E-state index contributed by atoms with van der Waals surface area (Å²) in [5.74, 6) is 0.765. The van der Waals surface area contributed by atoms with Crippen LogP contribution in [0.1, 0.15) is 46.5 Å². The Morgan fingerprint density at radius 3 is 2.47 bits per heavy atom. The highest BCUT2D eigenvalue weighted by molar-refractivity contribution is 4.85. The Balaban J connectivity index is 2.24. The van der Waals surface area contributed by atoms with E-state index in [9.17, 15) is 0 Å². The first kappa shape index (κ1) is 14.5. The minimum absolute atomic E-state index is 0.390. The van der Waals surface area contributed by atoms with E-state index in [1.54, 1.807) is 0 Å². The maximum atomic E-state index is 8.74. The lowest BCUT2D eigenvalue weighted by Gasteiger charge is -2.34. The number of likely N-dealkylation sites (tertiary alicyclic amines) is 1. The molecular formula is C14H27N3. The zero-order valence-corrected chi connectivity index (χ0v) is 11.6. The fraction of sp³-hybridized carbons (Fsp3) is 0.929. The summed E-state index contributed by atoms with van der Waals surface area (Å²) in [7, 11) is 0. The quantitative estimate of drug-likeness (QED) is 0.771. The van der Waals surface area contributed by atoms with Crippen molar-refractivity contribution in [3.05, 3.63) is 0 Å². The van der Waals surface area contributed by atoms with Gasteiger partial charge in [-0.05, 0) is 38.3 Å². The maximum Gasteiger partial charge on any atom is 0.0638 e. The number of piperidine rings is 1. The number of rotatable bonds is 6. The van der Waals surface area contributed by atoms with Crippen molar-refractivity contribution in [2.24, 2.45) is 5.92 Å². The zero-order chi connectivity index (χ0) is 12.7. The molecule has 1 atom stereocenters. The normalized spacial score (nSPS) is 20.4. The molecule has 0 aromatic heterocycles. The first-order valence-corrected chi connectivity index (χ1v) is 7.01. The molecular weight excluding hydrogens is 210 g/mol. The average Bonchev–Trinajstić information content (AvgIpc) is 2.30. The van der Waals surface area contributed by atoms with Gasteiger partial charge in [-0.1, -0.05) is 20.8 Å². The molecule has 0 aliphatic carbocycles. The van der Waals surface area contributed by atoms with Crippen LogP contribution in [-0.2, 0) is 0 Å². The van der Waals surface area contributed by atoms with Crippen LogP contribution in [0.2, 0.25) is 0 Å². The Bertz CT molecular complexity index is 236. The van der Waals surface area contributed by atoms with Crippen molar-refractivity contribution in [2.75, 3.05) is 19.6 Å². The van der Waals surface area contributed by atoms with Gasteiger partial charge in [0.25, 0.3) is 0 Å². The second-order valence-corrected chi connectivity index (χ2v) is 5.60. The molecule has 3 heteroatoms. The molecule has 0 amide bonds. The summed E-state index contributed by atoms with van der Waals surface area (Å²) in [6, 6.07) is 3.28. The minimum atomic E-state index is 0.390. The van der Waals surface area contributed by atoms with Gasteiger partial charge in [0.05, 0.1) is 12.5 Å². The van der Waals surface area contributed by atoms with E-state index >= 15 is 0 Å². The molecule has 1 fully saturated rings. The lowest BCUT2D eigenvalue weighted by atomic mass is 10.0. The van der Waals surface area contributed by atoms with Gasteiger partial charge in [-0.3, -0.25) is 0 Å². The Kier molecular flexibility index (Phi) is 6.54. The Hall–Kier alpha value is -0.590. The van der Waals surface area contributed by atoms with Crippen molar-refractivity contribution in [1.82, 2.24) is 10.2 Å². The van der Waals surface area contributed by atoms with E-state index in [0.29, 0.717) is 18.5 Å². The molecule has 1 N–H and O–H groups in total. The molecule has 0 bridgehead atoms. The van der Waals surface area contributed by atoms with Crippen LogP contribution in [0.3, 0.4) is 0 Å². The first-order chi connectivity index (χ1) is 8.15. The molecule has 1 unspecified atom stereocenters. The molecule has 0 aromatic carbocycles. The van der Waals surface area contributed by atoms with Gasteiger partial charge in [0.15, 0.2) is 0 Å². The number of nitrogens with one attached hydrogen (secondary N) is 1. The second-order valence-electron chi connectivity index (χ2n) is 5.60. The Morgan fingerprint density at radius 2 is 2.00 bits per heavy atom. The maximum absolute atomic E-state index is 8.74. The number of nitrogens with zero attached hydrogens (tertiary/aromatic N) is 2. The van der Waals surface area contributed by atoms with E-state index in [1.165, 1.54) is 32.5 Å². The third-order valence-corrected chi connectivity index (χ3v) is 3.51. The van der Waals surface area contributed by atoms with Crippen LogP contribution in [0.4, 0.5) is 0 Å². The molecule has 1 heterocycles. The number of hydrogen-bond acceptors (Lipinski definition) is 3. The summed E-state index contributed by atoms with van der Waals surface area (Å²) >= 11 is 0. The Labute approximate surface area is 106 Å². The fourth-order valence-corrected chi connectivity index (χ4v) is 2.56. The van der Waals surface area contributed by atoms with Crippen LogP contribution in [0.25, 0.3) is 0 Å². The van der Waals surface area contributed by atoms with E-state index in [0.717, 1.165) is 12.3 Å². The smallest absolute Gasteiger partial charge is 0.0638 e. The number of nitriles is 1. The topological polar surface area (TPSA) is 39.1 Å². The standard InChI is InChI=1S/C14H27N3/c1-4-13(5-8-15)16-14-6-9-17(10-7-14)11-12(2)3/h12-14,16H,4-7,9-11H2,1-3H3. The van der Waals surface area contributed by atoms with Crippen LogP contribution in [-0.4, -0.2) is 36.6 Å². The molecule has 0 spiro atoms. The summed E-state index contributed by atoms with van der Waals surface area (Å²) in [6.07, 6.45) is 4.16. The van der Waals surface area contributed by atoms with Crippen molar-refractivity contribution in [1.29, 1.82) is 5.26 Å². The molecule has 1 aliphatic heterocycles. The van der Waals surface area contributed by atoms with Crippen LogP contribution < -0.4 is 5.32 Å². The van der Waals surface area contributed by atoms with E-state index in [-0.39, 0.29) is 0 Å². The van der Waals surface area contributed by atoms with E-state index < -0.39 is 0 Å². The molecule has 3 nitrogen and oxygen atoms in total. The van der Waals surface area contributed by atoms with Gasteiger partial charge >= 0.3 is 0 Å². The number of hydrogen-bond donors (Lipinski definition) is 1. The molecule has 0 saturated carbocycles. The predicted octanol–water partition coefficient (Wildman–Crippen LogP) is 2.39. The summed E-state index contributed by atoms with van der Waals surface area (Å²) in [5.41, 5.74) is 0. The first-order valence-electron chi connectivity index (χ1n) is 7.01. The largest absolute Gasteiger partial charge is 0.310 e. The summed E-state index contributed by atoms with van der Waals surface area (Å²) in [5, 5.41) is 12.4. The van der Waals surface area contributed by atoms with Gasteiger partial charge in [0, 0.05) is 18.6 Å². The molecule has 17 heavy (non-hydrogen) atoms. The van der Waals surface area contributed by atoms with Gasteiger partial charge in [-0.2, -0.15) is 5.26 Å². The van der Waals surface area contributed by atoms with E-state index in [1.807, 2.05) is 0 Å². The highest BCUT2D eigenvalue weighted by Gasteiger charge is 2.21. The van der Waals surface area contributed by atoms with E-state index in [4.69, 9.17) is 5.26 Å². The van der Waals surface area contributed by atoms with E-state index in [2.05, 4.69) is 37.1 Å². The van der Waals surface area contributed by atoms with Gasteiger partial charge in [0.2, 0.25) is 0 Å². The van der Waals surface area contributed by atoms with Gasteiger partial charge in [0.1, 0.15) is 0 Å². The van der Waals surface area contributed by atoms with Crippen LogP contribution in [0.5, 0.6) is 0 Å². The van der Waals surface area contributed by atoms with Gasteiger partial charge in [-0.25, -0.2) is 0 Å². The summed E-state index contributed by atoms with van der Waals surface area (Å²) in [4.78, 5) is 2.56. The van der Waals surface area contributed by atoms with Crippen LogP contribution in [0.15, 0.2) is 0 Å². The molecule has 1 aliphatic rings. The summed E-state index contributed by atoms with van der Waals surface area (Å²) < 4.78 is 0. The molecule has 1 saturated heterocycles. The van der Waals surface area contributed by atoms with Crippen LogP contribution >= 0.6 is 0 Å². The SMILES string of the molecule is CCC(CC#N)NC1CCN(CC(C)C)CC1. The lowest BCUT2D eigenvalue weighted by Crippen LogP contribution is -2.46. The van der Waals surface area contributed by atoms with Gasteiger partial charge < -0.3 is 10.2 Å². The van der Waals surface area contributed by atoms with Crippen molar-refractivity contribution in [2.45, 2.75) is 58.5 Å². The highest BCUT2D eigenvalue weighted by atomic mass is 15.1. The Morgan fingerprint density at radius 1 is 1.35 bits per heavy atom. The summed E-state index contributed by atoms with van der Waals surface area (Å²) in [6.45, 7) is 10.4. The van der Waals surface area contributed by atoms with Crippen molar-refractivity contribution in [3.8, 4) is 6.07 Å². The van der Waals surface area contributed by atoms with Crippen molar-refractivity contribution < 1.29 is 0 Å². The third-order valence-electron chi connectivity index (χ3n) is 3.51. The lowest BCUT2D eigenvalue weighted by molar-refractivity contribution is 0.174. The van der Waals surface area contributed by atoms with Crippen molar-refractivity contribution in [3.63, 3.8) is 0 Å². The monoisotopic (exact) mass is 237 g/mol. The minimum Gasteiger partial charge on any atom is -0.310 e. The third kappa shape index (κ3) is 5.52. The highest BCUT2D eigenvalue weighted by Crippen LogP contribution is 2.13. The second kappa shape index (κ2) is 7.68. The predicted molar refractivity (Wildman–Crippen MR) is 71.7 cm³/mol. The molecule has 0 aromatic rings. The fourth-order valence-electron chi connectivity index (χ4n) is 2.56. The molecule has 1 rings (SSSR count).